The summed E-state index contributed by atoms with van der Waals surface area (Å²) in [5.74, 6) is 0.0563. The predicted molar refractivity (Wildman–Crippen MR) is 96.5 cm³/mol. The molecular weight excluding hydrogens is 310 g/mol. The molecule has 0 amide bonds. The van der Waals surface area contributed by atoms with Crippen LogP contribution in [0.5, 0.6) is 0 Å². The average Bonchev–Trinajstić information content (AvgIpc) is 2.49. The third-order valence-electron chi connectivity index (χ3n) is 3.81. The lowest BCUT2D eigenvalue weighted by Crippen LogP contribution is -2.16. The van der Waals surface area contributed by atoms with Crippen molar-refractivity contribution in [1.29, 1.82) is 0 Å². The predicted octanol–water partition coefficient (Wildman–Crippen LogP) is 4.77. The van der Waals surface area contributed by atoms with Crippen LogP contribution >= 0.6 is 0 Å². The van der Waals surface area contributed by atoms with Gasteiger partial charge >= 0.3 is 0 Å². The Morgan fingerprint density at radius 1 is 1.00 bits per heavy atom. The highest BCUT2D eigenvalue weighted by atomic mass is 32.2. The second kappa shape index (κ2) is 10.4. The molecule has 1 aromatic carbocycles. The van der Waals surface area contributed by atoms with Gasteiger partial charge in [-0.1, -0.05) is 64.0 Å². The van der Waals surface area contributed by atoms with E-state index in [1.54, 1.807) is 24.3 Å². The third kappa shape index (κ3) is 8.74. The second-order valence-corrected chi connectivity index (χ2v) is 7.87. The van der Waals surface area contributed by atoms with Crippen molar-refractivity contribution in [3.63, 3.8) is 0 Å². The molecule has 0 heterocycles. The minimum atomic E-state index is -3.34. The van der Waals surface area contributed by atoms with Gasteiger partial charge in [-0.15, -0.1) is 0 Å². The molecule has 0 aliphatic carbocycles. The van der Waals surface area contributed by atoms with Crippen LogP contribution in [0.3, 0.4) is 0 Å². The first-order valence-electron chi connectivity index (χ1n) is 8.56. The fourth-order valence-corrected chi connectivity index (χ4v) is 3.63. The molecule has 0 radical (unpaired) electrons. The largest absolute Gasteiger partial charge is 0.295 e. The number of anilines is 1. The van der Waals surface area contributed by atoms with Crippen molar-refractivity contribution in [2.45, 2.75) is 65.2 Å². The highest BCUT2D eigenvalue weighted by molar-refractivity contribution is 7.92. The maximum absolute atomic E-state index is 12.1. The first-order chi connectivity index (χ1) is 10.9. The summed E-state index contributed by atoms with van der Waals surface area (Å²) >= 11 is 0. The number of Topliss-reactive ketones (excluding diaryl/α,β-unsaturated/α-hetero) is 1. The number of carbonyl (C=O) groups excluding carboxylic acids is 1. The topological polar surface area (TPSA) is 63.2 Å². The summed E-state index contributed by atoms with van der Waals surface area (Å²) in [4.78, 5) is 11.3. The normalized spacial score (nSPS) is 11.4. The summed E-state index contributed by atoms with van der Waals surface area (Å²) in [6.07, 6.45) is 8.97. The molecule has 4 nitrogen and oxygen atoms in total. The lowest BCUT2D eigenvalue weighted by molar-refractivity contribution is 0.101. The Balaban J connectivity index is 2.31. The first-order valence-corrected chi connectivity index (χ1v) is 10.2. The lowest BCUT2D eigenvalue weighted by atomic mass is 10.1. The molecule has 0 saturated heterocycles. The van der Waals surface area contributed by atoms with Gasteiger partial charge in [-0.25, -0.2) is 8.42 Å². The van der Waals surface area contributed by atoms with Crippen molar-refractivity contribution in [2.75, 3.05) is 10.5 Å². The SMILES string of the molecule is CCCCCCCCCCS(=O)(=O)Nc1cccc(C(C)=O)c1. The van der Waals surface area contributed by atoms with E-state index in [1.165, 1.54) is 39.0 Å². The van der Waals surface area contributed by atoms with E-state index in [9.17, 15) is 13.2 Å². The Hall–Kier alpha value is -1.36. The van der Waals surface area contributed by atoms with Gasteiger partial charge in [-0.2, -0.15) is 0 Å². The van der Waals surface area contributed by atoms with Gasteiger partial charge in [0.1, 0.15) is 0 Å². The van der Waals surface area contributed by atoms with Crippen molar-refractivity contribution >= 4 is 21.5 Å². The molecule has 1 rings (SSSR count). The van der Waals surface area contributed by atoms with E-state index in [-0.39, 0.29) is 11.5 Å². The van der Waals surface area contributed by atoms with Crippen LogP contribution in [0.4, 0.5) is 5.69 Å². The smallest absolute Gasteiger partial charge is 0.232 e. The molecule has 1 N–H and O–H groups in total. The van der Waals surface area contributed by atoms with Crippen LogP contribution in [0.25, 0.3) is 0 Å². The molecule has 0 saturated carbocycles. The van der Waals surface area contributed by atoms with E-state index in [1.807, 2.05) is 0 Å². The van der Waals surface area contributed by atoms with Crippen molar-refractivity contribution in [3.8, 4) is 0 Å². The van der Waals surface area contributed by atoms with E-state index in [0.717, 1.165) is 12.8 Å². The second-order valence-electron chi connectivity index (χ2n) is 6.03. The summed E-state index contributed by atoms with van der Waals surface area (Å²) in [5, 5.41) is 0. The maximum atomic E-state index is 12.1. The van der Waals surface area contributed by atoms with Crippen molar-refractivity contribution in [1.82, 2.24) is 0 Å². The molecule has 0 aromatic heterocycles. The van der Waals surface area contributed by atoms with E-state index >= 15 is 0 Å². The van der Waals surface area contributed by atoms with Gasteiger partial charge in [0.15, 0.2) is 5.78 Å². The third-order valence-corrected chi connectivity index (χ3v) is 5.18. The molecule has 0 aliphatic heterocycles. The maximum Gasteiger partial charge on any atom is 0.232 e. The number of unbranched alkanes of at least 4 members (excludes halogenated alkanes) is 7. The minimum Gasteiger partial charge on any atom is -0.295 e. The number of nitrogens with one attached hydrogen (secondary N) is 1. The van der Waals surface area contributed by atoms with Crippen LogP contribution in [0, 0.1) is 0 Å². The van der Waals surface area contributed by atoms with Gasteiger partial charge in [0.25, 0.3) is 0 Å². The van der Waals surface area contributed by atoms with Crippen LogP contribution in [0.2, 0.25) is 0 Å². The molecular formula is C18H29NO3S. The molecule has 0 spiro atoms. The fourth-order valence-electron chi connectivity index (χ4n) is 2.46. The summed E-state index contributed by atoms with van der Waals surface area (Å²) in [6, 6.07) is 6.61. The van der Waals surface area contributed by atoms with E-state index in [0.29, 0.717) is 17.7 Å². The van der Waals surface area contributed by atoms with Crippen LogP contribution < -0.4 is 4.72 Å². The number of rotatable bonds is 12. The molecule has 23 heavy (non-hydrogen) atoms. The Kier molecular flexibility index (Phi) is 8.92. The zero-order chi connectivity index (χ0) is 17.1. The molecule has 130 valence electrons. The van der Waals surface area contributed by atoms with Crippen molar-refractivity contribution in [2.24, 2.45) is 0 Å². The highest BCUT2D eigenvalue weighted by Crippen LogP contribution is 2.14. The zero-order valence-electron chi connectivity index (χ0n) is 14.3. The molecule has 0 bridgehead atoms. The molecule has 0 fully saturated rings. The number of benzene rings is 1. The molecule has 0 unspecified atom stereocenters. The average molecular weight is 340 g/mol. The first kappa shape index (κ1) is 19.7. The van der Waals surface area contributed by atoms with Gasteiger partial charge < -0.3 is 0 Å². The number of carbonyl (C=O) groups is 1. The van der Waals surface area contributed by atoms with E-state index in [4.69, 9.17) is 0 Å². The zero-order valence-corrected chi connectivity index (χ0v) is 15.1. The summed E-state index contributed by atoms with van der Waals surface area (Å²) in [7, 11) is -3.34. The van der Waals surface area contributed by atoms with E-state index < -0.39 is 10.0 Å². The van der Waals surface area contributed by atoms with Crippen LogP contribution in [-0.4, -0.2) is 20.0 Å². The number of hydrogen-bond acceptors (Lipinski definition) is 3. The molecule has 5 heteroatoms. The quantitative estimate of drug-likeness (QED) is 0.440. The van der Waals surface area contributed by atoms with Crippen LogP contribution in [0.1, 0.15) is 75.6 Å². The molecule has 0 atom stereocenters. The molecule has 1 aromatic rings. The number of sulfonamides is 1. The van der Waals surface area contributed by atoms with Crippen molar-refractivity contribution in [3.05, 3.63) is 29.8 Å². The van der Waals surface area contributed by atoms with Crippen molar-refractivity contribution < 1.29 is 13.2 Å². The standard InChI is InChI=1S/C18H29NO3S/c1-3-4-5-6-7-8-9-10-14-23(21,22)19-18-13-11-12-17(15-18)16(2)20/h11-13,15,19H,3-10,14H2,1-2H3. The summed E-state index contributed by atoms with van der Waals surface area (Å²) in [6.45, 7) is 3.66. The number of ketones is 1. The Morgan fingerprint density at radius 3 is 2.22 bits per heavy atom. The number of hydrogen-bond donors (Lipinski definition) is 1. The lowest BCUT2D eigenvalue weighted by Gasteiger charge is -2.09. The summed E-state index contributed by atoms with van der Waals surface area (Å²) in [5.41, 5.74) is 0.967. The Morgan fingerprint density at radius 2 is 1.61 bits per heavy atom. The van der Waals surface area contributed by atoms with Gasteiger partial charge in [0.05, 0.1) is 5.75 Å². The molecule has 0 aliphatic rings. The Bertz CT molecular complexity index is 582. The minimum absolute atomic E-state index is 0.0749. The summed E-state index contributed by atoms with van der Waals surface area (Å²) < 4.78 is 26.7. The van der Waals surface area contributed by atoms with Gasteiger partial charge in [0.2, 0.25) is 10.0 Å². The van der Waals surface area contributed by atoms with Gasteiger partial charge in [0, 0.05) is 11.3 Å². The van der Waals surface area contributed by atoms with Crippen LogP contribution in [0.15, 0.2) is 24.3 Å². The monoisotopic (exact) mass is 339 g/mol. The van der Waals surface area contributed by atoms with Gasteiger partial charge in [-0.3, -0.25) is 9.52 Å². The van der Waals surface area contributed by atoms with Crippen LogP contribution in [-0.2, 0) is 10.0 Å². The fraction of sp³-hybridized carbons (Fsp3) is 0.611. The highest BCUT2D eigenvalue weighted by Gasteiger charge is 2.11. The van der Waals surface area contributed by atoms with Gasteiger partial charge in [-0.05, 0) is 25.5 Å². The Labute approximate surface area is 140 Å². The van der Waals surface area contributed by atoms with E-state index in [2.05, 4.69) is 11.6 Å².